The number of benzene rings is 2. The molecule has 204 valence electrons. The van der Waals surface area contributed by atoms with Crippen molar-refractivity contribution in [3.63, 3.8) is 0 Å². The highest BCUT2D eigenvalue weighted by molar-refractivity contribution is 7.15. The highest BCUT2D eigenvalue weighted by Crippen LogP contribution is 2.41. The number of nitrogens with zero attached hydrogens (tertiary/aromatic N) is 1. The number of amides is 2. The van der Waals surface area contributed by atoms with E-state index in [2.05, 4.69) is 18.3 Å². The number of hydrogen-bond donors (Lipinski definition) is 2. The van der Waals surface area contributed by atoms with E-state index < -0.39 is 6.04 Å². The Morgan fingerprint density at radius 1 is 1.16 bits per heavy atom. The lowest BCUT2D eigenvalue weighted by atomic mass is 10.1. The smallest absolute Gasteiger partial charge is 0.255 e. The molecular formula is C30H39N3O4S. The Labute approximate surface area is 229 Å². The Bertz CT molecular complexity index is 1210. The first-order valence-electron chi connectivity index (χ1n) is 13.4. The number of fused-ring (bicyclic) bond motifs is 1. The van der Waals surface area contributed by atoms with Gasteiger partial charge in [-0.1, -0.05) is 46.2 Å². The topological polar surface area (TPSA) is 93.9 Å². The van der Waals surface area contributed by atoms with Gasteiger partial charge >= 0.3 is 0 Å². The maximum Gasteiger partial charge on any atom is 0.255 e. The molecule has 1 aliphatic rings. The van der Waals surface area contributed by atoms with Gasteiger partial charge in [-0.2, -0.15) is 5.06 Å². The molecule has 0 bridgehead atoms. The quantitative estimate of drug-likeness (QED) is 0.273. The van der Waals surface area contributed by atoms with Crippen molar-refractivity contribution in [1.29, 1.82) is 0 Å². The third-order valence-electron chi connectivity index (χ3n) is 6.22. The SMILES string of the molecule is CC.CCCCOc1ccc(C(=O)Nc2cccc(-c3cc4c(s3)CN(C(CC)C(N)=O)OC4C)c2)cc1. The summed E-state index contributed by atoms with van der Waals surface area (Å²) in [4.78, 5) is 32.9. The molecule has 0 spiro atoms. The van der Waals surface area contributed by atoms with E-state index in [0.29, 0.717) is 25.1 Å². The predicted molar refractivity (Wildman–Crippen MR) is 154 cm³/mol. The third-order valence-corrected chi connectivity index (χ3v) is 7.41. The highest BCUT2D eigenvalue weighted by atomic mass is 32.1. The second-order valence-corrected chi connectivity index (χ2v) is 10.0. The summed E-state index contributed by atoms with van der Waals surface area (Å²) in [5.74, 6) is 0.209. The molecule has 1 aromatic heterocycles. The van der Waals surface area contributed by atoms with Crippen molar-refractivity contribution in [2.45, 2.75) is 72.6 Å². The molecule has 2 unspecified atom stereocenters. The standard InChI is InChI=1S/C28H33N3O4S.C2H6/c1-4-6-14-34-22-12-10-19(11-13-22)28(33)30-21-9-7-8-20(15-21)25-16-23-18(3)35-31(17-26(23)36-25)24(5-2)27(29)32;1-2/h7-13,15-16,18,24H,4-6,14,17H2,1-3H3,(H2,29,32)(H,30,33);1-2H3. The first-order valence-corrected chi connectivity index (χ1v) is 14.2. The van der Waals surface area contributed by atoms with Gasteiger partial charge in [0.25, 0.3) is 5.91 Å². The van der Waals surface area contributed by atoms with Gasteiger partial charge in [0.2, 0.25) is 5.91 Å². The summed E-state index contributed by atoms with van der Waals surface area (Å²) < 4.78 is 5.68. The molecule has 0 fully saturated rings. The van der Waals surface area contributed by atoms with Crippen molar-refractivity contribution in [3.05, 3.63) is 70.6 Å². The summed E-state index contributed by atoms with van der Waals surface area (Å²) in [5, 5.41) is 4.69. The summed E-state index contributed by atoms with van der Waals surface area (Å²) >= 11 is 1.67. The number of nitrogens with two attached hydrogens (primary N) is 1. The van der Waals surface area contributed by atoms with Gasteiger partial charge in [-0.15, -0.1) is 11.3 Å². The van der Waals surface area contributed by atoms with Crippen molar-refractivity contribution >= 4 is 28.8 Å². The van der Waals surface area contributed by atoms with E-state index in [4.69, 9.17) is 15.3 Å². The molecule has 0 saturated carbocycles. The van der Waals surface area contributed by atoms with Crippen LogP contribution in [0.2, 0.25) is 0 Å². The zero-order valence-corrected chi connectivity index (χ0v) is 23.8. The van der Waals surface area contributed by atoms with Gasteiger partial charge in [0.15, 0.2) is 0 Å². The van der Waals surface area contributed by atoms with E-state index in [0.717, 1.165) is 45.2 Å². The van der Waals surface area contributed by atoms with Crippen LogP contribution >= 0.6 is 11.3 Å². The summed E-state index contributed by atoms with van der Waals surface area (Å²) in [7, 11) is 0. The monoisotopic (exact) mass is 537 g/mol. The molecule has 1 aliphatic heterocycles. The highest BCUT2D eigenvalue weighted by Gasteiger charge is 2.32. The molecule has 0 saturated heterocycles. The zero-order valence-electron chi connectivity index (χ0n) is 23.0. The average molecular weight is 538 g/mol. The van der Waals surface area contributed by atoms with Crippen LogP contribution in [0.3, 0.4) is 0 Å². The van der Waals surface area contributed by atoms with Crippen LogP contribution in [-0.4, -0.2) is 29.5 Å². The zero-order chi connectivity index (χ0) is 27.7. The Kier molecular flexibility index (Phi) is 10.9. The predicted octanol–water partition coefficient (Wildman–Crippen LogP) is 6.94. The van der Waals surface area contributed by atoms with Crippen molar-refractivity contribution in [1.82, 2.24) is 5.06 Å². The molecule has 7 nitrogen and oxygen atoms in total. The van der Waals surface area contributed by atoms with Crippen LogP contribution in [0.1, 0.15) is 80.8 Å². The van der Waals surface area contributed by atoms with E-state index in [9.17, 15) is 9.59 Å². The summed E-state index contributed by atoms with van der Waals surface area (Å²) in [6, 6.07) is 16.7. The maximum atomic E-state index is 12.8. The number of carbonyl (C=O) groups excluding carboxylic acids is 2. The fraction of sp³-hybridized carbons (Fsp3) is 0.400. The Balaban J connectivity index is 0.00000195. The molecule has 3 aromatic rings. The number of anilines is 1. The van der Waals surface area contributed by atoms with E-state index in [-0.39, 0.29) is 17.9 Å². The number of hydrogen-bond acceptors (Lipinski definition) is 6. The lowest BCUT2D eigenvalue weighted by molar-refractivity contribution is -0.233. The van der Waals surface area contributed by atoms with Crippen molar-refractivity contribution in [2.24, 2.45) is 5.73 Å². The molecule has 2 atom stereocenters. The number of unbranched alkanes of at least 4 members (excludes halogenated alkanes) is 1. The molecule has 2 heterocycles. The van der Waals surface area contributed by atoms with Crippen LogP contribution < -0.4 is 15.8 Å². The van der Waals surface area contributed by atoms with E-state index in [1.165, 1.54) is 0 Å². The van der Waals surface area contributed by atoms with E-state index in [1.807, 2.05) is 64.1 Å². The molecule has 38 heavy (non-hydrogen) atoms. The molecular weight excluding hydrogens is 498 g/mol. The minimum atomic E-state index is -0.457. The first-order chi connectivity index (χ1) is 18.4. The molecule has 4 rings (SSSR count). The van der Waals surface area contributed by atoms with Crippen LogP contribution in [0, 0.1) is 0 Å². The second kappa shape index (κ2) is 14.1. The fourth-order valence-electron chi connectivity index (χ4n) is 4.21. The minimum Gasteiger partial charge on any atom is -0.494 e. The molecule has 2 amide bonds. The van der Waals surface area contributed by atoms with Gasteiger partial charge in [0.1, 0.15) is 17.9 Å². The van der Waals surface area contributed by atoms with Gasteiger partial charge in [-0.05, 0) is 73.4 Å². The molecule has 0 radical (unpaired) electrons. The van der Waals surface area contributed by atoms with Gasteiger partial charge < -0.3 is 15.8 Å². The molecule has 0 aliphatic carbocycles. The number of rotatable bonds is 10. The normalized spacial score (nSPS) is 15.6. The van der Waals surface area contributed by atoms with E-state index in [1.54, 1.807) is 28.5 Å². The lowest BCUT2D eigenvalue weighted by Gasteiger charge is -2.34. The first kappa shape index (κ1) is 29.4. The van der Waals surface area contributed by atoms with Crippen molar-refractivity contribution in [2.75, 3.05) is 11.9 Å². The number of ether oxygens (including phenoxy) is 1. The molecule has 2 aromatic carbocycles. The summed E-state index contributed by atoms with van der Waals surface area (Å²) in [6.07, 6.45) is 2.49. The van der Waals surface area contributed by atoms with Gasteiger partial charge in [0.05, 0.1) is 13.2 Å². The minimum absolute atomic E-state index is 0.174. The molecule has 8 heteroatoms. The summed E-state index contributed by atoms with van der Waals surface area (Å²) in [5.41, 5.74) is 8.98. The Morgan fingerprint density at radius 2 is 1.89 bits per heavy atom. The largest absolute Gasteiger partial charge is 0.494 e. The Hall–Kier alpha value is -3.20. The number of hydroxylamine groups is 2. The number of carbonyl (C=O) groups is 2. The fourth-order valence-corrected chi connectivity index (χ4v) is 5.44. The van der Waals surface area contributed by atoms with Gasteiger partial charge in [-0.3, -0.25) is 14.4 Å². The maximum absolute atomic E-state index is 12.8. The van der Waals surface area contributed by atoms with Gasteiger partial charge in [0, 0.05) is 21.0 Å². The van der Waals surface area contributed by atoms with E-state index >= 15 is 0 Å². The number of nitrogens with one attached hydrogen (secondary N) is 1. The van der Waals surface area contributed by atoms with Crippen LogP contribution in [0.25, 0.3) is 10.4 Å². The second-order valence-electron chi connectivity index (χ2n) is 8.90. The number of thiophene rings is 1. The van der Waals surface area contributed by atoms with Crippen LogP contribution in [-0.2, 0) is 16.2 Å². The Morgan fingerprint density at radius 3 is 2.55 bits per heavy atom. The van der Waals surface area contributed by atoms with Crippen molar-refractivity contribution in [3.8, 4) is 16.2 Å². The van der Waals surface area contributed by atoms with Crippen molar-refractivity contribution < 1.29 is 19.2 Å². The van der Waals surface area contributed by atoms with Crippen LogP contribution in [0.5, 0.6) is 5.75 Å². The number of primary amides is 1. The lowest BCUT2D eigenvalue weighted by Crippen LogP contribution is -2.45. The average Bonchev–Trinajstić information content (AvgIpc) is 3.36. The van der Waals surface area contributed by atoms with Gasteiger partial charge in [-0.25, -0.2) is 0 Å². The molecule has 3 N–H and O–H groups in total. The third kappa shape index (κ3) is 7.22. The summed E-state index contributed by atoms with van der Waals surface area (Å²) in [6.45, 7) is 11.2. The van der Waals surface area contributed by atoms with Crippen LogP contribution in [0.4, 0.5) is 5.69 Å². The van der Waals surface area contributed by atoms with Crippen LogP contribution in [0.15, 0.2) is 54.6 Å².